The van der Waals surface area contributed by atoms with E-state index < -0.39 is 0 Å². The number of thioether (sulfide) groups is 1. The van der Waals surface area contributed by atoms with Gasteiger partial charge in [-0.3, -0.25) is 9.59 Å². The fraction of sp³-hybridized carbons (Fsp3) is 0. The molecule has 122 valence electrons. The first kappa shape index (κ1) is 16.3. The molecule has 0 saturated carbocycles. The van der Waals surface area contributed by atoms with E-state index in [0.29, 0.717) is 21.4 Å². The molecule has 0 spiro atoms. The van der Waals surface area contributed by atoms with Gasteiger partial charge in [0.15, 0.2) is 5.43 Å². The Balaban J connectivity index is 1.85. The first-order chi connectivity index (χ1) is 12.1. The third-order valence-electron chi connectivity index (χ3n) is 3.85. The zero-order valence-electron chi connectivity index (χ0n) is 12.9. The molecule has 0 saturated heterocycles. The Morgan fingerprint density at radius 3 is 2.40 bits per heavy atom. The van der Waals surface area contributed by atoms with Crippen molar-refractivity contribution in [3.8, 4) is 0 Å². The van der Waals surface area contributed by atoms with Gasteiger partial charge in [-0.15, -0.1) is 11.3 Å². The lowest BCUT2D eigenvalue weighted by molar-refractivity contribution is 0.109. The van der Waals surface area contributed by atoms with Gasteiger partial charge < -0.3 is 0 Å². The molecule has 0 radical (unpaired) electrons. The Bertz CT molecular complexity index is 1160. The van der Waals surface area contributed by atoms with E-state index in [9.17, 15) is 9.59 Å². The third kappa shape index (κ3) is 3.09. The number of rotatable bonds is 2. The molecule has 0 fully saturated rings. The van der Waals surface area contributed by atoms with Gasteiger partial charge >= 0.3 is 0 Å². The van der Waals surface area contributed by atoms with E-state index >= 15 is 0 Å². The van der Waals surface area contributed by atoms with E-state index in [0.717, 1.165) is 26.1 Å². The number of carbonyl (C=O) groups excluding carboxylic acids is 1. The number of carbonyl (C=O) groups is 1. The summed E-state index contributed by atoms with van der Waals surface area (Å²) in [4.78, 5) is 26.3. The summed E-state index contributed by atoms with van der Waals surface area (Å²) >= 11 is 8.51. The summed E-state index contributed by atoms with van der Waals surface area (Å²) < 4.78 is 1.62. The van der Waals surface area contributed by atoms with E-state index in [1.165, 1.54) is 11.3 Å². The lowest BCUT2D eigenvalue weighted by Gasteiger charge is -2.06. The summed E-state index contributed by atoms with van der Waals surface area (Å²) in [5.74, 6) is 0. The van der Waals surface area contributed by atoms with Crippen LogP contribution < -0.4 is 5.43 Å². The second-order valence-electron chi connectivity index (χ2n) is 5.45. The van der Waals surface area contributed by atoms with Crippen LogP contribution in [-0.2, 0) is 0 Å². The molecule has 5 heteroatoms. The summed E-state index contributed by atoms with van der Waals surface area (Å²) in [6.45, 7) is 0. The molecule has 1 aromatic heterocycles. The number of fused-ring (bicyclic) bond motifs is 2. The van der Waals surface area contributed by atoms with Gasteiger partial charge in [-0.2, -0.15) is 0 Å². The predicted octanol–water partition coefficient (Wildman–Crippen LogP) is 6.00. The number of hydrogen-bond acceptors (Lipinski definition) is 4. The summed E-state index contributed by atoms with van der Waals surface area (Å²) in [7, 11) is 0. The minimum absolute atomic E-state index is 0.0320. The fourth-order valence-electron chi connectivity index (χ4n) is 2.65. The maximum Gasteiger partial charge on any atom is 0.225 e. The molecule has 0 atom stereocenters. The SMILES string of the molecule is O=C(Sc1ccc(Cl)cc1)c1cccc2c(=O)c3ccccc3sc12. The van der Waals surface area contributed by atoms with Crippen molar-refractivity contribution >= 4 is 60.0 Å². The van der Waals surface area contributed by atoms with Gasteiger partial charge in [0.2, 0.25) is 5.12 Å². The monoisotopic (exact) mass is 382 g/mol. The Morgan fingerprint density at radius 2 is 1.60 bits per heavy atom. The molecule has 0 unspecified atom stereocenters. The minimum Gasteiger partial charge on any atom is -0.289 e. The molecule has 0 aliphatic heterocycles. The molecule has 0 N–H and O–H groups in total. The average Bonchev–Trinajstić information content (AvgIpc) is 2.63. The Labute approximate surface area is 157 Å². The molecular weight excluding hydrogens is 372 g/mol. The van der Waals surface area contributed by atoms with Crippen molar-refractivity contribution in [3.05, 3.63) is 87.5 Å². The van der Waals surface area contributed by atoms with E-state index in [1.54, 1.807) is 30.3 Å². The Kier molecular flexibility index (Phi) is 4.34. The largest absolute Gasteiger partial charge is 0.289 e. The molecule has 1 heterocycles. The fourth-order valence-corrected chi connectivity index (χ4v) is 4.78. The number of hydrogen-bond donors (Lipinski definition) is 0. The summed E-state index contributed by atoms with van der Waals surface area (Å²) in [6.07, 6.45) is 0. The van der Waals surface area contributed by atoms with E-state index in [2.05, 4.69) is 0 Å². The van der Waals surface area contributed by atoms with Crippen LogP contribution in [0.1, 0.15) is 10.4 Å². The standard InChI is InChI=1S/C20H11ClO2S2/c21-12-8-10-13(11-9-12)24-20(23)16-6-3-5-15-18(22)14-4-1-2-7-17(14)25-19(15)16/h1-11H. The minimum atomic E-state index is -0.0844. The third-order valence-corrected chi connectivity index (χ3v) is 6.23. The van der Waals surface area contributed by atoms with Crippen molar-refractivity contribution in [1.29, 1.82) is 0 Å². The Morgan fingerprint density at radius 1 is 0.880 bits per heavy atom. The van der Waals surface area contributed by atoms with Crippen LogP contribution in [0.3, 0.4) is 0 Å². The van der Waals surface area contributed by atoms with E-state index in [4.69, 9.17) is 11.6 Å². The molecule has 4 rings (SSSR count). The summed E-state index contributed by atoms with van der Waals surface area (Å²) in [6, 6.07) is 20.0. The van der Waals surface area contributed by atoms with Crippen molar-refractivity contribution < 1.29 is 4.79 Å². The molecule has 0 aliphatic rings. The highest BCUT2D eigenvalue weighted by Gasteiger charge is 2.15. The van der Waals surface area contributed by atoms with Crippen molar-refractivity contribution in [2.75, 3.05) is 0 Å². The van der Waals surface area contributed by atoms with Crippen LogP contribution in [0.4, 0.5) is 0 Å². The summed E-state index contributed by atoms with van der Waals surface area (Å²) in [5.41, 5.74) is 0.529. The molecule has 0 bridgehead atoms. The lowest BCUT2D eigenvalue weighted by atomic mass is 10.1. The van der Waals surface area contributed by atoms with Crippen LogP contribution >= 0.6 is 34.7 Å². The van der Waals surface area contributed by atoms with Gasteiger partial charge in [-0.05, 0) is 60.3 Å². The van der Waals surface area contributed by atoms with Crippen LogP contribution in [0.25, 0.3) is 20.2 Å². The van der Waals surface area contributed by atoms with Crippen LogP contribution in [0.5, 0.6) is 0 Å². The molecule has 0 amide bonds. The molecule has 2 nitrogen and oxygen atoms in total. The highest BCUT2D eigenvalue weighted by Crippen LogP contribution is 2.31. The zero-order chi connectivity index (χ0) is 17.4. The van der Waals surface area contributed by atoms with E-state index in [-0.39, 0.29) is 10.5 Å². The topological polar surface area (TPSA) is 34.1 Å². The van der Waals surface area contributed by atoms with Gasteiger partial charge in [0.05, 0.1) is 4.70 Å². The maximum absolute atomic E-state index is 12.8. The van der Waals surface area contributed by atoms with Gasteiger partial charge in [-0.1, -0.05) is 29.8 Å². The van der Waals surface area contributed by atoms with Gasteiger partial charge in [-0.25, -0.2) is 0 Å². The lowest BCUT2D eigenvalue weighted by Crippen LogP contribution is -2.03. The number of halogens is 1. The van der Waals surface area contributed by atoms with Crippen LogP contribution in [0.2, 0.25) is 5.02 Å². The summed E-state index contributed by atoms with van der Waals surface area (Å²) in [5, 5.41) is 1.83. The molecule has 4 aromatic rings. The van der Waals surface area contributed by atoms with Gasteiger partial charge in [0, 0.05) is 31.0 Å². The zero-order valence-corrected chi connectivity index (χ0v) is 15.3. The molecular formula is C20H11ClO2S2. The highest BCUT2D eigenvalue weighted by molar-refractivity contribution is 8.14. The molecule has 0 aliphatic carbocycles. The predicted molar refractivity (Wildman–Crippen MR) is 107 cm³/mol. The van der Waals surface area contributed by atoms with Crippen molar-refractivity contribution in [2.45, 2.75) is 4.90 Å². The normalized spacial score (nSPS) is 11.1. The first-order valence-corrected chi connectivity index (χ1v) is 9.57. The quantitative estimate of drug-likeness (QED) is 0.315. The molecule has 25 heavy (non-hydrogen) atoms. The maximum atomic E-state index is 12.8. The van der Waals surface area contributed by atoms with Gasteiger partial charge in [0.1, 0.15) is 0 Å². The smallest absolute Gasteiger partial charge is 0.225 e. The van der Waals surface area contributed by atoms with Crippen molar-refractivity contribution in [2.24, 2.45) is 0 Å². The van der Waals surface area contributed by atoms with Crippen molar-refractivity contribution in [3.63, 3.8) is 0 Å². The van der Waals surface area contributed by atoms with E-state index in [1.807, 2.05) is 36.4 Å². The van der Waals surface area contributed by atoms with Crippen molar-refractivity contribution in [1.82, 2.24) is 0 Å². The highest BCUT2D eigenvalue weighted by atomic mass is 35.5. The van der Waals surface area contributed by atoms with Crippen LogP contribution in [0, 0.1) is 0 Å². The number of benzene rings is 3. The average molecular weight is 383 g/mol. The Hall–Kier alpha value is -2.14. The second-order valence-corrected chi connectivity index (χ2v) is 7.99. The first-order valence-electron chi connectivity index (χ1n) is 7.56. The second kappa shape index (κ2) is 6.64. The van der Waals surface area contributed by atoms with Gasteiger partial charge in [0.25, 0.3) is 0 Å². The molecule has 3 aromatic carbocycles. The van der Waals surface area contributed by atoms with Crippen LogP contribution in [0.15, 0.2) is 76.4 Å². The van der Waals surface area contributed by atoms with Crippen LogP contribution in [-0.4, -0.2) is 5.12 Å².